The van der Waals surface area contributed by atoms with E-state index in [2.05, 4.69) is 0 Å². The second-order valence-electron chi connectivity index (χ2n) is 6.79. The Morgan fingerprint density at radius 2 is 1.36 bits per heavy atom. The Morgan fingerprint density at radius 1 is 0.800 bits per heavy atom. The van der Waals surface area contributed by atoms with E-state index in [1.54, 1.807) is 0 Å². The summed E-state index contributed by atoms with van der Waals surface area (Å²) in [5.41, 5.74) is -0.551. The molecule has 0 bridgehead atoms. The van der Waals surface area contributed by atoms with Crippen molar-refractivity contribution in [2.45, 2.75) is 50.3 Å². The molecule has 0 heterocycles. The molecule has 1 saturated carbocycles. The van der Waals surface area contributed by atoms with E-state index in [9.17, 15) is 14.5 Å². The van der Waals surface area contributed by atoms with Gasteiger partial charge in [0.15, 0.2) is 7.14 Å². The molecule has 0 radical (unpaired) electrons. The van der Waals surface area contributed by atoms with Crippen LogP contribution >= 0.6 is 7.14 Å². The number of Topliss-reactive ketones (excluding diaryl/α,β-unsaturated/α-hetero) is 1. The van der Waals surface area contributed by atoms with Crippen molar-refractivity contribution in [1.29, 1.82) is 0 Å². The standard InChI is InChI=1S/C21H25O3P/c22-17-9-7-8-14-20(23)21(16-15-17)25(24,18-10-3-1-4-11-18)19-12-5-2-6-13-19/h1-6,10-13,17,21-22H,7-9,14-16H2. The van der Waals surface area contributed by atoms with Crippen LogP contribution in [0.3, 0.4) is 0 Å². The third-order valence-electron chi connectivity index (χ3n) is 5.07. The average molecular weight is 356 g/mol. The van der Waals surface area contributed by atoms with Gasteiger partial charge in [-0.3, -0.25) is 4.79 Å². The Morgan fingerprint density at radius 3 is 1.92 bits per heavy atom. The molecule has 2 aromatic carbocycles. The third-order valence-corrected chi connectivity index (χ3v) is 8.63. The van der Waals surface area contributed by atoms with Crippen molar-refractivity contribution in [3.8, 4) is 0 Å². The SMILES string of the molecule is O=C1CCCCC(O)CCC1P(=O)(c1ccccc1)c1ccccc1. The second-order valence-corrected chi connectivity index (χ2v) is 9.76. The van der Waals surface area contributed by atoms with Gasteiger partial charge in [0.25, 0.3) is 0 Å². The summed E-state index contributed by atoms with van der Waals surface area (Å²) >= 11 is 0. The van der Waals surface area contributed by atoms with Crippen molar-refractivity contribution in [1.82, 2.24) is 0 Å². The molecule has 25 heavy (non-hydrogen) atoms. The van der Waals surface area contributed by atoms with Crippen molar-refractivity contribution in [2.75, 3.05) is 0 Å². The quantitative estimate of drug-likeness (QED) is 0.854. The monoisotopic (exact) mass is 356 g/mol. The first-order valence-corrected chi connectivity index (χ1v) is 10.8. The maximum atomic E-state index is 14.4. The molecule has 1 N–H and O–H groups in total. The molecule has 0 saturated heterocycles. The van der Waals surface area contributed by atoms with Crippen LogP contribution in [0, 0.1) is 0 Å². The van der Waals surface area contributed by atoms with E-state index < -0.39 is 18.9 Å². The largest absolute Gasteiger partial charge is 0.393 e. The zero-order chi connectivity index (χ0) is 17.7. The number of hydrogen-bond acceptors (Lipinski definition) is 3. The summed E-state index contributed by atoms with van der Waals surface area (Å²) in [6.45, 7) is 0. The number of rotatable bonds is 3. The van der Waals surface area contributed by atoms with Crippen LogP contribution in [0.15, 0.2) is 60.7 Å². The van der Waals surface area contributed by atoms with Crippen molar-refractivity contribution >= 4 is 23.5 Å². The lowest BCUT2D eigenvalue weighted by Gasteiger charge is -2.28. The lowest BCUT2D eigenvalue weighted by molar-refractivity contribution is -0.118. The number of benzene rings is 2. The molecular formula is C21H25O3P. The fourth-order valence-electron chi connectivity index (χ4n) is 3.69. The highest BCUT2D eigenvalue weighted by molar-refractivity contribution is 7.80. The van der Waals surface area contributed by atoms with Gasteiger partial charge in [-0.25, -0.2) is 0 Å². The van der Waals surface area contributed by atoms with Gasteiger partial charge < -0.3 is 9.67 Å². The molecule has 1 aliphatic rings. The fourth-order valence-corrected chi connectivity index (χ4v) is 6.99. The van der Waals surface area contributed by atoms with E-state index in [4.69, 9.17) is 0 Å². The van der Waals surface area contributed by atoms with Gasteiger partial charge in [0.1, 0.15) is 5.78 Å². The number of carbonyl (C=O) groups is 1. The number of ketones is 1. The molecule has 3 nitrogen and oxygen atoms in total. The van der Waals surface area contributed by atoms with Gasteiger partial charge in [0.05, 0.1) is 11.8 Å². The van der Waals surface area contributed by atoms with Gasteiger partial charge in [0.2, 0.25) is 0 Å². The van der Waals surface area contributed by atoms with E-state index in [0.717, 1.165) is 29.9 Å². The Kier molecular flexibility index (Phi) is 5.88. The minimum absolute atomic E-state index is 0.0742. The zero-order valence-corrected chi connectivity index (χ0v) is 15.3. The van der Waals surface area contributed by atoms with Crippen molar-refractivity contribution in [3.05, 3.63) is 60.7 Å². The normalized spacial score (nSPS) is 22.7. The van der Waals surface area contributed by atoms with Gasteiger partial charge in [-0.2, -0.15) is 0 Å². The lowest BCUT2D eigenvalue weighted by atomic mass is 10.1. The van der Waals surface area contributed by atoms with Crippen LogP contribution in [0.2, 0.25) is 0 Å². The number of aliphatic hydroxyl groups is 1. The number of carbonyl (C=O) groups excluding carboxylic acids is 1. The van der Waals surface area contributed by atoms with E-state index in [1.165, 1.54) is 0 Å². The second kappa shape index (κ2) is 8.12. The van der Waals surface area contributed by atoms with Gasteiger partial charge in [-0.1, -0.05) is 67.1 Å². The van der Waals surface area contributed by atoms with Crippen LogP contribution in [0.1, 0.15) is 38.5 Å². The highest BCUT2D eigenvalue weighted by atomic mass is 31.2. The fraction of sp³-hybridized carbons (Fsp3) is 0.381. The first-order chi connectivity index (χ1) is 12.1. The molecule has 2 aromatic rings. The molecule has 2 atom stereocenters. The molecule has 1 fully saturated rings. The van der Waals surface area contributed by atoms with Crippen LogP contribution in [0.25, 0.3) is 0 Å². The molecule has 3 rings (SSSR count). The van der Waals surface area contributed by atoms with Gasteiger partial charge >= 0.3 is 0 Å². The highest BCUT2D eigenvalue weighted by Crippen LogP contribution is 2.51. The first kappa shape index (κ1) is 18.1. The predicted octanol–water partition coefficient (Wildman–Crippen LogP) is 3.65. The summed E-state index contributed by atoms with van der Waals surface area (Å²) in [5.74, 6) is 0.0742. The predicted molar refractivity (Wildman–Crippen MR) is 102 cm³/mol. The molecule has 0 aromatic heterocycles. The topological polar surface area (TPSA) is 54.4 Å². The maximum absolute atomic E-state index is 14.4. The zero-order valence-electron chi connectivity index (χ0n) is 14.4. The van der Waals surface area contributed by atoms with Gasteiger partial charge in [0, 0.05) is 17.0 Å². The summed E-state index contributed by atoms with van der Waals surface area (Å²) in [6, 6.07) is 18.8. The third kappa shape index (κ3) is 3.94. The molecule has 132 valence electrons. The van der Waals surface area contributed by atoms with E-state index in [1.807, 2.05) is 60.7 Å². The summed E-state index contributed by atoms with van der Waals surface area (Å²) in [7, 11) is -3.11. The molecule has 0 spiro atoms. The molecular weight excluding hydrogens is 331 g/mol. The Labute approximate surface area is 149 Å². The van der Waals surface area contributed by atoms with Crippen molar-refractivity contribution in [2.24, 2.45) is 0 Å². The van der Waals surface area contributed by atoms with Crippen LogP contribution in [-0.2, 0) is 9.36 Å². The lowest BCUT2D eigenvalue weighted by Crippen LogP contribution is -2.32. The van der Waals surface area contributed by atoms with Gasteiger partial charge in [-0.15, -0.1) is 0 Å². The number of aliphatic hydroxyl groups excluding tert-OH is 1. The van der Waals surface area contributed by atoms with Crippen molar-refractivity contribution < 1.29 is 14.5 Å². The van der Waals surface area contributed by atoms with Gasteiger partial charge in [-0.05, 0) is 25.7 Å². The molecule has 0 aliphatic heterocycles. The number of hydrogen-bond donors (Lipinski definition) is 1. The summed E-state index contributed by atoms with van der Waals surface area (Å²) in [6.07, 6.45) is 3.37. The molecule has 4 heteroatoms. The van der Waals surface area contributed by atoms with E-state index >= 15 is 0 Å². The minimum Gasteiger partial charge on any atom is -0.393 e. The Bertz CT molecular complexity index is 699. The molecule has 1 aliphatic carbocycles. The average Bonchev–Trinajstić information content (AvgIpc) is 2.74. The molecule has 2 unspecified atom stereocenters. The van der Waals surface area contributed by atoms with Crippen molar-refractivity contribution in [3.63, 3.8) is 0 Å². The maximum Gasteiger partial charge on any atom is 0.153 e. The highest BCUT2D eigenvalue weighted by Gasteiger charge is 2.40. The van der Waals surface area contributed by atoms with E-state index in [-0.39, 0.29) is 5.78 Å². The first-order valence-electron chi connectivity index (χ1n) is 9.04. The van der Waals surface area contributed by atoms with Crippen LogP contribution < -0.4 is 10.6 Å². The smallest absolute Gasteiger partial charge is 0.153 e. The van der Waals surface area contributed by atoms with Crippen LogP contribution in [0.4, 0.5) is 0 Å². The molecule has 0 amide bonds. The Hall–Kier alpha value is -1.70. The van der Waals surface area contributed by atoms with Crippen LogP contribution in [-0.4, -0.2) is 22.7 Å². The Balaban J connectivity index is 2.09. The minimum atomic E-state index is -3.11. The summed E-state index contributed by atoms with van der Waals surface area (Å²) in [5, 5.41) is 11.6. The van der Waals surface area contributed by atoms with Crippen LogP contribution in [0.5, 0.6) is 0 Å². The summed E-state index contributed by atoms with van der Waals surface area (Å²) in [4.78, 5) is 13.0. The summed E-state index contributed by atoms with van der Waals surface area (Å²) < 4.78 is 14.4. The van der Waals surface area contributed by atoms with E-state index in [0.29, 0.717) is 19.3 Å².